The van der Waals surface area contributed by atoms with E-state index in [0.717, 1.165) is 16.7 Å². The fraction of sp³-hybridized carbons (Fsp3) is 0.118. The molecule has 2 aromatic rings. The summed E-state index contributed by atoms with van der Waals surface area (Å²) in [6, 6.07) is 12.4. The average Bonchev–Trinajstić information content (AvgIpc) is 2.51. The smallest absolute Gasteiger partial charge is 0.317 e. The number of carbonyl (C=O) groups excluding carboxylic acids is 2. The van der Waals surface area contributed by atoms with Gasteiger partial charge in [0.05, 0.1) is 6.21 Å². The van der Waals surface area contributed by atoms with Gasteiger partial charge < -0.3 is 5.32 Å². The van der Waals surface area contributed by atoms with Gasteiger partial charge in [-0.25, -0.2) is 5.43 Å². The zero-order valence-electron chi connectivity index (χ0n) is 12.8. The second-order valence-corrected chi connectivity index (χ2v) is 5.46. The van der Waals surface area contributed by atoms with Gasteiger partial charge in [0.15, 0.2) is 0 Å². The molecule has 0 bridgehead atoms. The lowest BCUT2D eigenvalue weighted by atomic mass is 10.1. The summed E-state index contributed by atoms with van der Waals surface area (Å²) in [6.07, 6.45) is 1.43. The number of aryl methyl sites for hydroxylation is 2. The summed E-state index contributed by atoms with van der Waals surface area (Å²) >= 11 is 5.77. The third kappa shape index (κ3) is 4.93. The molecule has 6 heteroatoms. The Hall–Kier alpha value is -2.66. The molecule has 2 amide bonds. The van der Waals surface area contributed by atoms with Crippen LogP contribution in [0.25, 0.3) is 0 Å². The average molecular weight is 330 g/mol. The number of halogens is 1. The minimum Gasteiger partial charge on any atom is -0.317 e. The number of nitrogens with zero attached hydrogens (tertiary/aromatic N) is 1. The SMILES string of the molecule is Cc1ccc(NC(=O)C(=O)NN=Cc2ccc(Cl)cc2)c(C)c1. The van der Waals surface area contributed by atoms with E-state index in [1.165, 1.54) is 6.21 Å². The van der Waals surface area contributed by atoms with Crippen molar-refractivity contribution in [3.8, 4) is 0 Å². The van der Waals surface area contributed by atoms with Crippen molar-refractivity contribution in [3.05, 3.63) is 64.2 Å². The lowest BCUT2D eigenvalue weighted by Gasteiger charge is -2.08. The molecular formula is C17H16ClN3O2. The first-order valence-electron chi connectivity index (χ1n) is 6.93. The summed E-state index contributed by atoms with van der Waals surface area (Å²) in [5.41, 5.74) is 5.50. The molecule has 118 valence electrons. The molecule has 0 heterocycles. The Morgan fingerprint density at radius 1 is 1.04 bits per heavy atom. The highest BCUT2D eigenvalue weighted by Gasteiger charge is 2.13. The van der Waals surface area contributed by atoms with Gasteiger partial charge in [0.2, 0.25) is 0 Å². The maximum Gasteiger partial charge on any atom is 0.329 e. The highest BCUT2D eigenvalue weighted by Crippen LogP contribution is 2.15. The summed E-state index contributed by atoms with van der Waals surface area (Å²) in [4.78, 5) is 23.5. The monoisotopic (exact) mass is 329 g/mol. The molecule has 0 aliphatic rings. The van der Waals surface area contributed by atoms with Crippen LogP contribution in [0.2, 0.25) is 5.02 Å². The van der Waals surface area contributed by atoms with Crippen LogP contribution in [0, 0.1) is 13.8 Å². The quantitative estimate of drug-likeness (QED) is 0.516. The van der Waals surface area contributed by atoms with Crippen LogP contribution in [0.1, 0.15) is 16.7 Å². The minimum absolute atomic E-state index is 0.595. The Bertz CT molecular complexity index is 755. The van der Waals surface area contributed by atoms with E-state index >= 15 is 0 Å². The van der Waals surface area contributed by atoms with Gasteiger partial charge in [0, 0.05) is 10.7 Å². The van der Waals surface area contributed by atoms with Gasteiger partial charge in [-0.1, -0.05) is 41.4 Å². The van der Waals surface area contributed by atoms with Crippen molar-refractivity contribution in [2.24, 2.45) is 5.10 Å². The Labute approximate surface area is 139 Å². The van der Waals surface area contributed by atoms with Gasteiger partial charge in [-0.3, -0.25) is 9.59 Å². The molecule has 0 radical (unpaired) electrons. The number of hydrazone groups is 1. The van der Waals surface area contributed by atoms with Gasteiger partial charge in [0.1, 0.15) is 0 Å². The van der Waals surface area contributed by atoms with E-state index in [2.05, 4.69) is 15.8 Å². The zero-order valence-corrected chi connectivity index (χ0v) is 13.5. The Kier molecular flexibility index (Phi) is 5.49. The van der Waals surface area contributed by atoms with Crippen LogP contribution in [0.5, 0.6) is 0 Å². The van der Waals surface area contributed by atoms with Gasteiger partial charge in [0.25, 0.3) is 0 Å². The molecule has 0 aliphatic heterocycles. The predicted molar refractivity (Wildman–Crippen MR) is 91.7 cm³/mol. The molecule has 0 fully saturated rings. The van der Waals surface area contributed by atoms with E-state index in [1.807, 2.05) is 26.0 Å². The van der Waals surface area contributed by atoms with Crippen LogP contribution < -0.4 is 10.7 Å². The summed E-state index contributed by atoms with van der Waals surface area (Å²) in [7, 11) is 0. The van der Waals surface area contributed by atoms with Crippen molar-refractivity contribution in [3.63, 3.8) is 0 Å². The molecule has 2 aromatic carbocycles. The van der Waals surface area contributed by atoms with Crippen LogP contribution in [-0.4, -0.2) is 18.0 Å². The summed E-state index contributed by atoms with van der Waals surface area (Å²) < 4.78 is 0. The van der Waals surface area contributed by atoms with E-state index in [0.29, 0.717) is 10.7 Å². The molecule has 0 spiro atoms. The van der Waals surface area contributed by atoms with Crippen molar-refractivity contribution < 1.29 is 9.59 Å². The fourth-order valence-corrected chi connectivity index (χ4v) is 2.02. The predicted octanol–water partition coefficient (Wildman–Crippen LogP) is 3.05. The second kappa shape index (κ2) is 7.56. The number of hydrogen-bond acceptors (Lipinski definition) is 3. The van der Waals surface area contributed by atoms with Crippen LogP contribution in [0.15, 0.2) is 47.6 Å². The molecule has 0 unspecified atom stereocenters. The van der Waals surface area contributed by atoms with Crippen molar-refractivity contribution in [2.75, 3.05) is 5.32 Å². The van der Waals surface area contributed by atoms with Gasteiger partial charge in [-0.2, -0.15) is 5.10 Å². The van der Waals surface area contributed by atoms with Crippen molar-refractivity contribution >= 4 is 35.3 Å². The lowest BCUT2D eigenvalue weighted by Crippen LogP contribution is -2.32. The molecule has 2 rings (SSSR count). The third-order valence-corrected chi connectivity index (χ3v) is 3.34. The highest BCUT2D eigenvalue weighted by molar-refractivity contribution is 6.39. The zero-order chi connectivity index (χ0) is 16.8. The molecular weight excluding hydrogens is 314 g/mol. The maximum absolute atomic E-state index is 11.8. The Balaban J connectivity index is 1.92. The first-order valence-corrected chi connectivity index (χ1v) is 7.31. The highest BCUT2D eigenvalue weighted by atomic mass is 35.5. The number of carbonyl (C=O) groups is 2. The second-order valence-electron chi connectivity index (χ2n) is 5.02. The number of hydrogen-bond donors (Lipinski definition) is 2. The number of amides is 2. The van der Waals surface area contributed by atoms with Gasteiger partial charge in [-0.05, 0) is 43.2 Å². The molecule has 0 aromatic heterocycles. The molecule has 0 saturated heterocycles. The lowest BCUT2D eigenvalue weighted by molar-refractivity contribution is -0.136. The molecule has 0 atom stereocenters. The normalized spacial score (nSPS) is 10.6. The largest absolute Gasteiger partial charge is 0.329 e. The summed E-state index contributed by atoms with van der Waals surface area (Å²) in [5.74, 6) is -1.61. The first kappa shape index (κ1) is 16.7. The van der Waals surface area contributed by atoms with Crippen molar-refractivity contribution in [1.29, 1.82) is 0 Å². The van der Waals surface area contributed by atoms with Crippen LogP contribution in [0.3, 0.4) is 0 Å². The van der Waals surface area contributed by atoms with Crippen LogP contribution in [0.4, 0.5) is 5.69 Å². The number of anilines is 1. The van der Waals surface area contributed by atoms with Crippen molar-refractivity contribution in [2.45, 2.75) is 13.8 Å². The van der Waals surface area contributed by atoms with E-state index < -0.39 is 11.8 Å². The van der Waals surface area contributed by atoms with Gasteiger partial charge >= 0.3 is 11.8 Å². The number of nitrogens with one attached hydrogen (secondary N) is 2. The van der Waals surface area contributed by atoms with Crippen LogP contribution in [-0.2, 0) is 9.59 Å². The third-order valence-electron chi connectivity index (χ3n) is 3.09. The fourth-order valence-electron chi connectivity index (χ4n) is 1.90. The van der Waals surface area contributed by atoms with Crippen LogP contribution >= 0.6 is 11.6 Å². The van der Waals surface area contributed by atoms with Gasteiger partial charge in [-0.15, -0.1) is 0 Å². The summed E-state index contributed by atoms with van der Waals surface area (Å²) in [6.45, 7) is 3.82. The van der Waals surface area contributed by atoms with E-state index in [9.17, 15) is 9.59 Å². The molecule has 23 heavy (non-hydrogen) atoms. The van der Waals surface area contributed by atoms with E-state index in [-0.39, 0.29) is 0 Å². The molecule has 2 N–H and O–H groups in total. The first-order chi connectivity index (χ1) is 11.0. The molecule has 0 saturated carbocycles. The van der Waals surface area contributed by atoms with Crippen molar-refractivity contribution in [1.82, 2.24) is 5.43 Å². The standard InChI is InChI=1S/C17H16ClN3O2/c1-11-3-8-15(12(2)9-11)20-16(22)17(23)21-19-10-13-4-6-14(18)7-5-13/h3-10H,1-2H3,(H,20,22)(H,21,23). The van der Waals surface area contributed by atoms with E-state index in [4.69, 9.17) is 11.6 Å². The summed E-state index contributed by atoms with van der Waals surface area (Å²) in [5, 5.41) is 6.90. The number of benzene rings is 2. The molecule has 0 aliphatic carbocycles. The Morgan fingerprint density at radius 2 is 1.74 bits per heavy atom. The Morgan fingerprint density at radius 3 is 2.39 bits per heavy atom. The van der Waals surface area contributed by atoms with E-state index in [1.54, 1.807) is 30.3 Å². The minimum atomic E-state index is -0.838. The molecule has 5 nitrogen and oxygen atoms in total. The maximum atomic E-state index is 11.8. The topological polar surface area (TPSA) is 70.6 Å². The number of rotatable bonds is 3.